The van der Waals surface area contributed by atoms with Crippen LogP contribution in [0.4, 0.5) is 18.9 Å². The number of nitriles is 1. The number of alkyl halides is 2. The zero-order valence-electron chi connectivity index (χ0n) is 13.9. The van der Waals surface area contributed by atoms with Crippen molar-refractivity contribution >= 4 is 33.0 Å². The van der Waals surface area contributed by atoms with Crippen LogP contribution in [0.3, 0.4) is 0 Å². The summed E-state index contributed by atoms with van der Waals surface area (Å²) in [6.45, 7) is -0.912. The maximum Gasteiger partial charge on any atom is 0.256 e. The third-order valence-electron chi connectivity index (χ3n) is 3.44. The number of thiophene rings is 1. The first kappa shape index (κ1) is 20.9. The Kier molecular flexibility index (Phi) is 6.59. The molecule has 2 rings (SSSR count). The van der Waals surface area contributed by atoms with Gasteiger partial charge >= 0.3 is 0 Å². The van der Waals surface area contributed by atoms with Crippen molar-refractivity contribution in [1.82, 2.24) is 4.72 Å². The number of anilines is 1. The molecule has 27 heavy (non-hydrogen) atoms. The van der Waals surface area contributed by atoms with E-state index >= 15 is 0 Å². The Balaban J connectivity index is 2.25. The van der Waals surface area contributed by atoms with Gasteiger partial charge in [-0.15, -0.1) is 11.3 Å². The first-order valence-corrected chi connectivity index (χ1v) is 9.77. The smallest absolute Gasteiger partial charge is 0.256 e. The summed E-state index contributed by atoms with van der Waals surface area (Å²) in [7, 11) is -4.19. The van der Waals surface area contributed by atoms with Gasteiger partial charge in [-0.05, 0) is 31.2 Å². The van der Waals surface area contributed by atoms with Crippen LogP contribution >= 0.6 is 11.3 Å². The Hall–Kier alpha value is -2.42. The van der Waals surface area contributed by atoms with Gasteiger partial charge in [0.2, 0.25) is 0 Å². The van der Waals surface area contributed by atoms with Crippen LogP contribution in [-0.2, 0) is 10.0 Å². The lowest BCUT2D eigenvalue weighted by Gasteiger charge is -2.10. The SMILES string of the molecule is Cc1sc(S(=O)(=O)NC(CF)CF)cc1C(=O)Nc1ccc(F)c(C#N)c1. The molecule has 0 unspecified atom stereocenters. The molecule has 1 aromatic heterocycles. The van der Waals surface area contributed by atoms with Crippen LogP contribution in [0.1, 0.15) is 20.8 Å². The fourth-order valence-electron chi connectivity index (χ4n) is 2.08. The number of amides is 1. The molecule has 0 fully saturated rings. The molecule has 0 aliphatic heterocycles. The number of hydrogen-bond donors (Lipinski definition) is 2. The van der Waals surface area contributed by atoms with Crippen molar-refractivity contribution in [1.29, 1.82) is 5.26 Å². The standard InChI is InChI=1S/C16H14F3N3O3S2/c1-9-13(5-15(26-9)27(24,25)22-12(6-17)7-18)16(23)21-11-2-3-14(19)10(4-11)8-20/h2-5,12,22H,6-7H2,1H3,(H,21,23). The van der Waals surface area contributed by atoms with Crippen molar-refractivity contribution < 1.29 is 26.4 Å². The molecular formula is C16H14F3N3O3S2. The predicted molar refractivity (Wildman–Crippen MR) is 94.2 cm³/mol. The lowest BCUT2D eigenvalue weighted by Crippen LogP contribution is -2.37. The monoisotopic (exact) mass is 417 g/mol. The minimum Gasteiger partial charge on any atom is -0.322 e. The Morgan fingerprint density at radius 1 is 1.30 bits per heavy atom. The molecule has 0 saturated heterocycles. The second kappa shape index (κ2) is 8.51. The summed E-state index contributed by atoms with van der Waals surface area (Å²) in [6, 6.07) is 4.63. The van der Waals surface area contributed by atoms with Gasteiger partial charge in [0.1, 0.15) is 29.4 Å². The number of sulfonamides is 1. The van der Waals surface area contributed by atoms with Crippen LogP contribution < -0.4 is 10.0 Å². The number of hydrogen-bond acceptors (Lipinski definition) is 5. The van der Waals surface area contributed by atoms with Crippen molar-refractivity contribution in [2.24, 2.45) is 0 Å². The largest absolute Gasteiger partial charge is 0.322 e. The van der Waals surface area contributed by atoms with E-state index in [2.05, 4.69) is 5.32 Å². The molecule has 0 spiro atoms. The molecular weight excluding hydrogens is 403 g/mol. The predicted octanol–water partition coefficient (Wildman–Crippen LogP) is 2.91. The van der Waals surface area contributed by atoms with Crippen LogP contribution in [0, 0.1) is 24.1 Å². The molecule has 6 nitrogen and oxygen atoms in total. The van der Waals surface area contributed by atoms with Crippen molar-refractivity contribution in [3.8, 4) is 6.07 Å². The highest BCUT2D eigenvalue weighted by molar-refractivity contribution is 7.91. The number of halogens is 3. The van der Waals surface area contributed by atoms with Gasteiger partial charge in [-0.1, -0.05) is 0 Å². The summed E-state index contributed by atoms with van der Waals surface area (Å²) < 4.78 is 64.5. The van der Waals surface area contributed by atoms with E-state index in [0.29, 0.717) is 4.88 Å². The summed E-state index contributed by atoms with van der Waals surface area (Å²) in [5, 5.41) is 11.3. The van der Waals surface area contributed by atoms with E-state index in [-0.39, 0.29) is 21.0 Å². The van der Waals surface area contributed by atoms with E-state index in [1.807, 2.05) is 4.72 Å². The number of benzene rings is 1. The Labute approximate surface area is 157 Å². The molecule has 1 aromatic carbocycles. The van der Waals surface area contributed by atoms with Crippen molar-refractivity contribution in [3.63, 3.8) is 0 Å². The minimum absolute atomic E-state index is 0.0280. The molecule has 0 atom stereocenters. The van der Waals surface area contributed by atoms with Gasteiger partial charge in [-0.2, -0.15) is 5.26 Å². The lowest BCUT2D eigenvalue weighted by atomic mass is 10.2. The molecule has 11 heteroatoms. The summed E-state index contributed by atoms with van der Waals surface area (Å²) in [5.74, 6) is -1.41. The van der Waals surface area contributed by atoms with E-state index in [9.17, 15) is 26.4 Å². The van der Waals surface area contributed by atoms with Gasteiger partial charge in [0, 0.05) is 10.6 Å². The van der Waals surface area contributed by atoms with Gasteiger partial charge in [0.15, 0.2) is 0 Å². The maximum atomic E-state index is 13.3. The van der Waals surface area contributed by atoms with Gasteiger partial charge in [-0.25, -0.2) is 26.3 Å². The van der Waals surface area contributed by atoms with Gasteiger partial charge < -0.3 is 5.32 Å². The molecule has 2 aromatic rings. The summed E-state index contributed by atoms with van der Waals surface area (Å²) in [6.07, 6.45) is 0. The fourth-order valence-corrected chi connectivity index (χ4v) is 4.73. The number of nitrogens with one attached hydrogen (secondary N) is 2. The van der Waals surface area contributed by atoms with Crippen LogP contribution in [0.2, 0.25) is 0 Å². The lowest BCUT2D eigenvalue weighted by molar-refractivity contribution is 0.102. The van der Waals surface area contributed by atoms with Gasteiger partial charge in [0.05, 0.1) is 17.2 Å². The van der Waals surface area contributed by atoms with E-state index < -0.39 is 41.1 Å². The molecule has 0 aliphatic carbocycles. The molecule has 2 N–H and O–H groups in total. The highest BCUT2D eigenvalue weighted by Gasteiger charge is 2.25. The minimum atomic E-state index is -4.19. The fraction of sp³-hybridized carbons (Fsp3) is 0.250. The average Bonchev–Trinajstić information content (AvgIpc) is 3.04. The van der Waals surface area contributed by atoms with Gasteiger partial charge in [-0.3, -0.25) is 4.79 Å². The second-order valence-corrected chi connectivity index (χ2v) is 8.62. The van der Waals surface area contributed by atoms with Crippen LogP contribution in [-0.4, -0.2) is 33.7 Å². The normalized spacial score (nSPS) is 11.4. The number of aryl methyl sites for hydroxylation is 1. The quantitative estimate of drug-likeness (QED) is 0.724. The zero-order chi connectivity index (χ0) is 20.2. The molecule has 0 aliphatic rings. The van der Waals surface area contributed by atoms with Crippen molar-refractivity contribution in [2.45, 2.75) is 17.2 Å². The van der Waals surface area contributed by atoms with Crippen LogP contribution in [0.15, 0.2) is 28.5 Å². The van der Waals surface area contributed by atoms with Gasteiger partial charge in [0.25, 0.3) is 15.9 Å². The van der Waals surface area contributed by atoms with Crippen molar-refractivity contribution in [3.05, 3.63) is 46.1 Å². The highest BCUT2D eigenvalue weighted by atomic mass is 32.2. The van der Waals surface area contributed by atoms with E-state index in [1.165, 1.54) is 13.0 Å². The molecule has 0 bridgehead atoms. The summed E-state index contributed by atoms with van der Waals surface area (Å²) >= 11 is 0.765. The highest BCUT2D eigenvalue weighted by Crippen LogP contribution is 2.27. The molecule has 1 amide bonds. The van der Waals surface area contributed by atoms with Crippen LogP contribution in [0.25, 0.3) is 0 Å². The zero-order valence-corrected chi connectivity index (χ0v) is 15.6. The number of nitrogens with zero attached hydrogens (tertiary/aromatic N) is 1. The van der Waals surface area contributed by atoms with E-state index in [0.717, 1.165) is 29.5 Å². The summed E-state index contributed by atoms with van der Waals surface area (Å²) in [4.78, 5) is 12.7. The molecule has 1 heterocycles. The third-order valence-corrected chi connectivity index (χ3v) is 6.49. The second-order valence-electron chi connectivity index (χ2n) is 5.42. The van der Waals surface area contributed by atoms with Crippen molar-refractivity contribution in [2.75, 3.05) is 18.7 Å². The third kappa shape index (κ3) is 4.85. The Bertz CT molecular complexity index is 996. The molecule has 144 valence electrons. The van der Waals surface area contributed by atoms with Crippen LogP contribution in [0.5, 0.6) is 0 Å². The van der Waals surface area contributed by atoms with E-state index in [4.69, 9.17) is 5.26 Å². The molecule has 0 saturated carbocycles. The number of carbonyl (C=O) groups excluding carboxylic acids is 1. The number of rotatable bonds is 7. The summed E-state index contributed by atoms with van der Waals surface area (Å²) in [5.41, 5.74) is -0.0768. The van der Waals surface area contributed by atoms with E-state index in [1.54, 1.807) is 6.07 Å². The first-order valence-electron chi connectivity index (χ1n) is 7.47. The first-order chi connectivity index (χ1) is 12.7. The maximum absolute atomic E-state index is 13.3. The number of carbonyl (C=O) groups is 1. The molecule has 0 radical (unpaired) electrons. The Morgan fingerprint density at radius 2 is 1.96 bits per heavy atom. The Morgan fingerprint density at radius 3 is 2.56 bits per heavy atom. The average molecular weight is 417 g/mol. The topological polar surface area (TPSA) is 99.1 Å².